The molecule has 0 saturated heterocycles. The first kappa shape index (κ1) is 14.0. The molecule has 0 fully saturated rings. The maximum atomic E-state index is 5.23. The molecular formula is C11H18N6OS. The molecular weight excluding hydrogens is 264 g/mol. The van der Waals surface area contributed by atoms with Crippen molar-refractivity contribution in [3.05, 3.63) is 11.7 Å². The second-order valence-electron chi connectivity index (χ2n) is 5.21. The highest BCUT2D eigenvalue weighted by Crippen LogP contribution is 2.33. The minimum Gasteiger partial charge on any atom is -0.338 e. The lowest BCUT2D eigenvalue weighted by Gasteiger charge is -2.19. The molecule has 7 nitrogen and oxygen atoms in total. The molecule has 0 aliphatic rings. The Morgan fingerprint density at radius 3 is 2.68 bits per heavy atom. The van der Waals surface area contributed by atoms with Gasteiger partial charge in [-0.25, -0.2) is 4.68 Å². The molecule has 2 heterocycles. The van der Waals surface area contributed by atoms with E-state index in [0.29, 0.717) is 5.89 Å². The molecule has 0 aromatic carbocycles. The van der Waals surface area contributed by atoms with Crippen LogP contribution in [0.3, 0.4) is 0 Å². The Labute approximate surface area is 116 Å². The zero-order valence-corrected chi connectivity index (χ0v) is 12.6. The van der Waals surface area contributed by atoms with Crippen LogP contribution in [0.2, 0.25) is 0 Å². The summed E-state index contributed by atoms with van der Waals surface area (Å²) in [6.07, 6.45) is 0.764. The molecule has 0 saturated carbocycles. The van der Waals surface area contributed by atoms with Crippen molar-refractivity contribution < 1.29 is 4.52 Å². The van der Waals surface area contributed by atoms with Crippen molar-refractivity contribution in [1.82, 2.24) is 30.3 Å². The number of hydrogen-bond acceptors (Lipinski definition) is 7. The lowest BCUT2D eigenvalue weighted by atomic mass is 10.1. The molecule has 2 aromatic rings. The molecule has 2 aromatic heterocycles. The summed E-state index contributed by atoms with van der Waals surface area (Å²) in [5.74, 6) is 1.32. The zero-order valence-electron chi connectivity index (χ0n) is 11.8. The standard InChI is InChI=1S/C11H18N6OS/c1-6-8-12-9(18-14-8)7(2)19-10-13-15-16-17(10)11(3,4)5/h7H,6H2,1-5H3. The number of aryl methyl sites for hydroxylation is 1. The van der Waals surface area contributed by atoms with Crippen LogP contribution in [0.5, 0.6) is 0 Å². The number of tetrazole rings is 1. The van der Waals surface area contributed by atoms with E-state index in [1.807, 2.05) is 13.8 Å². The number of thioether (sulfide) groups is 1. The Morgan fingerprint density at radius 2 is 2.11 bits per heavy atom. The van der Waals surface area contributed by atoms with Gasteiger partial charge >= 0.3 is 0 Å². The van der Waals surface area contributed by atoms with E-state index in [1.165, 1.54) is 11.8 Å². The molecule has 0 aliphatic heterocycles. The Morgan fingerprint density at radius 1 is 1.37 bits per heavy atom. The van der Waals surface area contributed by atoms with Crippen LogP contribution in [0.4, 0.5) is 0 Å². The van der Waals surface area contributed by atoms with Crippen molar-refractivity contribution >= 4 is 11.8 Å². The van der Waals surface area contributed by atoms with E-state index in [9.17, 15) is 0 Å². The van der Waals surface area contributed by atoms with E-state index in [0.717, 1.165) is 17.4 Å². The highest BCUT2D eigenvalue weighted by Gasteiger charge is 2.24. The van der Waals surface area contributed by atoms with Crippen LogP contribution in [-0.4, -0.2) is 30.3 Å². The summed E-state index contributed by atoms with van der Waals surface area (Å²) in [6, 6.07) is 0. The molecule has 1 atom stereocenters. The van der Waals surface area contributed by atoms with Crippen molar-refractivity contribution in [3.8, 4) is 0 Å². The first-order chi connectivity index (χ1) is 8.91. The number of nitrogens with zero attached hydrogens (tertiary/aromatic N) is 6. The average molecular weight is 282 g/mol. The third-order valence-corrected chi connectivity index (χ3v) is 3.53. The molecule has 1 unspecified atom stereocenters. The van der Waals surface area contributed by atoms with E-state index in [1.54, 1.807) is 4.68 Å². The van der Waals surface area contributed by atoms with Crippen LogP contribution < -0.4 is 0 Å². The van der Waals surface area contributed by atoms with Gasteiger partial charge in [-0.3, -0.25) is 0 Å². The third-order valence-electron chi connectivity index (χ3n) is 2.51. The molecule has 0 radical (unpaired) electrons. The van der Waals surface area contributed by atoms with Crippen molar-refractivity contribution in [1.29, 1.82) is 0 Å². The molecule has 19 heavy (non-hydrogen) atoms. The summed E-state index contributed by atoms with van der Waals surface area (Å²) >= 11 is 1.51. The maximum Gasteiger partial charge on any atom is 0.239 e. The highest BCUT2D eigenvalue weighted by molar-refractivity contribution is 7.99. The summed E-state index contributed by atoms with van der Waals surface area (Å²) in [6.45, 7) is 10.2. The summed E-state index contributed by atoms with van der Waals surface area (Å²) in [5.41, 5.74) is -0.158. The van der Waals surface area contributed by atoms with Crippen molar-refractivity contribution in [3.63, 3.8) is 0 Å². The third kappa shape index (κ3) is 3.12. The predicted octanol–water partition coefficient (Wildman–Crippen LogP) is 2.23. The average Bonchev–Trinajstić information content (AvgIpc) is 2.95. The molecule has 0 aliphatic carbocycles. The zero-order chi connectivity index (χ0) is 14.0. The fourth-order valence-electron chi connectivity index (χ4n) is 1.46. The Hall–Kier alpha value is -1.44. The van der Waals surface area contributed by atoms with Gasteiger partial charge in [-0.15, -0.1) is 5.10 Å². The second-order valence-corrected chi connectivity index (χ2v) is 6.51. The van der Waals surface area contributed by atoms with Gasteiger partial charge in [0, 0.05) is 6.42 Å². The predicted molar refractivity (Wildman–Crippen MR) is 70.8 cm³/mol. The van der Waals surface area contributed by atoms with Crippen LogP contribution >= 0.6 is 11.8 Å². The number of rotatable bonds is 4. The first-order valence-corrected chi connectivity index (χ1v) is 7.07. The van der Waals surface area contributed by atoms with Gasteiger partial charge in [0.1, 0.15) is 0 Å². The van der Waals surface area contributed by atoms with Crippen LogP contribution in [0.25, 0.3) is 0 Å². The van der Waals surface area contributed by atoms with E-state index in [4.69, 9.17) is 4.52 Å². The molecule has 8 heteroatoms. The Bertz CT molecular complexity index is 543. The van der Waals surface area contributed by atoms with Crippen molar-refractivity contribution in [2.75, 3.05) is 0 Å². The fourth-order valence-corrected chi connectivity index (χ4v) is 2.46. The SMILES string of the molecule is CCc1noc(C(C)Sc2nnnn2C(C)(C)C)n1. The summed E-state index contributed by atoms with van der Waals surface area (Å²) in [5, 5.41) is 16.5. The van der Waals surface area contributed by atoms with E-state index in [2.05, 4.69) is 46.4 Å². The van der Waals surface area contributed by atoms with Crippen LogP contribution in [-0.2, 0) is 12.0 Å². The van der Waals surface area contributed by atoms with Crippen LogP contribution in [0.1, 0.15) is 51.6 Å². The summed E-state index contributed by atoms with van der Waals surface area (Å²) < 4.78 is 7.03. The fraction of sp³-hybridized carbons (Fsp3) is 0.727. The van der Waals surface area contributed by atoms with Crippen LogP contribution in [0.15, 0.2) is 9.68 Å². The van der Waals surface area contributed by atoms with Gasteiger partial charge < -0.3 is 4.52 Å². The van der Waals surface area contributed by atoms with E-state index in [-0.39, 0.29) is 10.8 Å². The monoisotopic (exact) mass is 282 g/mol. The summed E-state index contributed by atoms with van der Waals surface area (Å²) in [7, 11) is 0. The molecule has 104 valence electrons. The molecule has 2 rings (SSSR count). The van der Waals surface area contributed by atoms with Gasteiger partial charge in [0.25, 0.3) is 0 Å². The lowest BCUT2D eigenvalue weighted by molar-refractivity contribution is 0.320. The number of aromatic nitrogens is 6. The quantitative estimate of drug-likeness (QED) is 0.795. The normalized spacial score (nSPS) is 13.7. The topological polar surface area (TPSA) is 82.5 Å². The maximum absolute atomic E-state index is 5.23. The van der Waals surface area contributed by atoms with E-state index < -0.39 is 0 Å². The minimum atomic E-state index is -0.158. The summed E-state index contributed by atoms with van der Waals surface area (Å²) in [4.78, 5) is 4.32. The van der Waals surface area contributed by atoms with Gasteiger partial charge in [0.05, 0.1) is 10.8 Å². The highest BCUT2D eigenvalue weighted by atomic mass is 32.2. The van der Waals surface area contributed by atoms with Gasteiger partial charge in [0.15, 0.2) is 5.82 Å². The minimum absolute atomic E-state index is 0.0138. The largest absolute Gasteiger partial charge is 0.338 e. The lowest BCUT2D eigenvalue weighted by Crippen LogP contribution is -2.24. The number of hydrogen-bond donors (Lipinski definition) is 0. The van der Waals surface area contributed by atoms with Gasteiger partial charge in [-0.1, -0.05) is 23.8 Å². The smallest absolute Gasteiger partial charge is 0.239 e. The Balaban J connectivity index is 2.15. The van der Waals surface area contributed by atoms with Gasteiger partial charge in [-0.05, 0) is 38.1 Å². The molecule has 0 bridgehead atoms. The molecule has 0 N–H and O–H groups in total. The Kier molecular flexibility index (Phi) is 3.88. The van der Waals surface area contributed by atoms with Crippen molar-refractivity contribution in [2.24, 2.45) is 0 Å². The molecule has 0 amide bonds. The first-order valence-electron chi connectivity index (χ1n) is 6.19. The van der Waals surface area contributed by atoms with E-state index >= 15 is 0 Å². The molecule has 0 spiro atoms. The van der Waals surface area contributed by atoms with Gasteiger partial charge in [0.2, 0.25) is 11.0 Å². The second kappa shape index (κ2) is 5.28. The van der Waals surface area contributed by atoms with Gasteiger partial charge in [-0.2, -0.15) is 4.98 Å². The van der Waals surface area contributed by atoms with Crippen LogP contribution in [0, 0.1) is 0 Å². The van der Waals surface area contributed by atoms with Crippen molar-refractivity contribution in [2.45, 2.75) is 57.0 Å².